The van der Waals surface area contributed by atoms with Crippen molar-refractivity contribution >= 4 is 29.4 Å². The Kier molecular flexibility index (Phi) is 4.94. The molecule has 1 aromatic carbocycles. The van der Waals surface area contributed by atoms with Crippen LogP contribution in [0.25, 0.3) is 0 Å². The lowest BCUT2D eigenvalue weighted by atomic mass is 10.2. The van der Waals surface area contributed by atoms with E-state index in [-0.39, 0.29) is 5.88 Å². The van der Waals surface area contributed by atoms with Gasteiger partial charge in [0.25, 0.3) is 0 Å². The standard InChI is InChI=1S/C10H11Cl2NO/c11-5-10(14)7-13-6-8-1-3-9(12)4-2-8/h1-4,6,10,14H,5,7H2/t10-/m0/s1. The van der Waals surface area contributed by atoms with Crippen LogP contribution < -0.4 is 0 Å². The van der Waals surface area contributed by atoms with Crippen molar-refractivity contribution in [3.63, 3.8) is 0 Å². The van der Waals surface area contributed by atoms with Crippen LogP contribution in [0.5, 0.6) is 0 Å². The summed E-state index contributed by atoms with van der Waals surface area (Å²) in [6.07, 6.45) is 1.12. The summed E-state index contributed by atoms with van der Waals surface area (Å²) in [4.78, 5) is 4.04. The van der Waals surface area contributed by atoms with Crippen LogP contribution in [0.2, 0.25) is 5.02 Å². The molecule has 1 aromatic rings. The first-order chi connectivity index (χ1) is 6.72. The highest BCUT2D eigenvalue weighted by atomic mass is 35.5. The molecule has 0 saturated heterocycles. The molecule has 0 bridgehead atoms. The van der Waals surface area contributed by atoms with E-state index in [9.17, 15) is 0 Å². The molecule has 0 amide bonds. The predicted octanol–water partition coefficient (Wildman–Crippen LogP) is 2.36. The van der Waals surface area contributed by atoms with Gasteiger partial charge in [0.2, 0.25) is 0 Å². The number of alkyl halides is 1. The molecule has 76 valence electrons. The molecule has 14 heavy (non-hydrogen) atoms. The molecule has 0 saturated carbocycles. The van der Waals surface area contributed by atoms with Crippen LogP contribution >= 0.6 is 23.2 Å². The minimum absolute atomic E-state index is 0.206. The summed E-state index contributed by atoms with van der Waals surface area (Å²) < 4.78 is 0. The SMILES string of the molecule is O[C@@H](CCl)CN=Cc1ccc(Cl)cc1. The summed E-state index contributed by atoms with van der Waals surface area (Å²) in [5, 5.41) is 9.81. The maximum atomic E-state index is 9.11. The van der Waals surface area contributed by atoms with Crippen molar-refractivity contribution in [2.45, 2.75) is 6.10 Å². The molecule has 0 aromatic heterocycles. The van der Waals surface area contributed by atoms with Crippen molar-refractivity contribution in [2.24, 2.45) is 4.99 Å². The van der Waals surface area contributed by atoms with E-state index in [1.54, 1.807) is 18.3 Å². The Morgan fingerprint density at radius 2 is 2.00 bits per heavy atom. The number of aliphatic hydroxyl groups excluding tert-OH is 1. The van der Waals surface area contributed by atoms with E-state index in [2.05, 4.69) is 4.99 Å². The van der Waals surface area contributed by atoms with Crippen molar-refractivity contribution in [3.05, 3.63) is 34.9 Å². The fourth-order valence-corrected chi connectivity index (χ4v) is 1.10. The van der Waals surface area contributed by atoms with Crippen LogP contribution in [0.1, 0.15) is 5.56 Å². The van der Waals surface area contributed by atoms with Crippen molar-refractivity contribution in [1.82, 2.24) is 0 Å². The van der Waals surface area contributed by atoms with E-state index in [0.29, 0.717) is 11.6 Å². The van der Waals surface area contributed by atoms with Gasteiger partial charge in [0.1, 0.15) is 0 Å². The smallest absolute Gasteiger partial charge is 0.0870 e. The van der Waals surface area contributed by atoms with Gasteiger partial charge < -0.3 is 5.11 Å². The fourth-order valence-electron chi connectivity index (χ4n) is 0.877. The first-order valence-electron chi connectivity index (χ1n) is 4.22. The van der Waals surface area contributed by atoms with Crippen LogP contribution in [0.3, 0.4) is 0 Å². The van der Waals surface area contributed by atoms with Crippen LogP contribution in [0.4, 0.5) is 0 Å². The zero-order chi connectivity index (χ0) is 10.4. The van der Waals surface area contributed by atoms with Gasteiger partial charge in [-0.3, -0.25) is 4.99 Å². The van der Waals surface area contributed by atoms with Gasteiger partial charge in [0, 0.05) is 11.2 Å². The second-order valence-electron chi connectivity index (χ2n) is 2.85. The Hall–Kier alpha value is -0.570. The molecule has 0 unspecified atom stereocenters. The zero-order valence-corrected chi connectivity index (χ0v) is 9.04. The van der Waals surface area contributed by atoms with Gasteiger partial charge >= 0.3 is 0 Å². The summed E-state index contributed by atoms with van der Waals surface area (Å²) in [7, 11) is 0. The highest BCUT2D eigenvalue weighted by molar-refractivity contribution is 6.30. The predicted molar refractivity (Wildman–Crippen MR) is 60.6 cm³/mol. The van der Waals surface area contributed by atoms with E-state index >= 15 is 0 Å². The van der Waals surface area contributed by atoms with E-state index in [4.69, 9.17) is 28.3 Å². The summed E-state index contributed by atoms with van der Waals surface area (Å²) in [5.41, 5.74) is 0.955. The molecule has 2 nitrogen and oxygen atoms in total. The Morgan fingerprint density at radius 1 is 1.36 bits per heavy atom. The van der Waals surface area contributed by atoms with Gasteiger partial charge in [-0.25, -0.2) is 0 Å². The van der Waals surface area contributed by atoms with Crippen molar-refractivity contribution in [3.8, 4) is 0 Å². The number of nitrogens with zero attached hydrogens (tertiary/aromatic N) is 1. The largest absolute Gasteiger partial charge is 0.390 e. The minimum Gasteiger partial charge on any atom is -0.390 e. The molecular weight excluding hydrogens is 221 g/mol. The third kappa shape index (κ3) is 4.09. The van der Waals surface area contributed by atoms with Crippen LogP contribution in [-0.4, -0.2) is 29.8 Å². The topological polar surface area (TPSA) is 32.6 Å². The molecule has 0 aliphatic heterocycles. The van der Waals surface area contributed by atoms with Gasteiger partial charge in [-0.2, -0.15) is 0 Å². The second-order valence-corrected chi connectivity index (χ2v) is 3.60. The number of aliphatic imine (C=N–C) groups is 1. The molecule has 0 aliphatic carbocycles. The number of rotatable bonds is 4. The fraction of sp³-hybridized carbons (Fsp3) is 0.300. The zero-order valence-electron chi connectivity index (χ0n) is 7.53. The summed E-state index contributed by atoms with van der Waals surface area (Å²) >= 11 is 11.1. The Labute approximate surface area is 93.2 Å². The Balaban J connectivity index is 2.48. The average Bonchev–Trinajstić information content (AvgIpc) is 2.21. The van der Waals surface area contributed by atoms with Crippen LogP contribution in [0, 0.1) is 0 Å². The van der Waals surface area contributed by atoms with E-state index in [1.165, 1.54) is 0 Å². The monoisotopic (exact) mass is 231 g/mol. The Bertz CT molecular complexity index is 297. The molecule has 1 atom stereocenters. The number of aliphatic hydroxyl groups is 1. The second kappa shape index (κ2) is 6.02. The lowest BCUT2D eigenvalue weighted by Crippen LogP contribution is -2.12. The lowest BCUT2D eigenvalue weighted by molar-refractivity contribution is 0.207. The van der Waals surface area contributed by atoms with Gasteiger partial charge in [0.15, 0.2) is 0 Å². The Morgan fingerprint density at radius 3 is 2.57 bits per heavy atom. The van der Waals surface area contributed by atoms with Gasteiger partial charge in [0.05, 0.1) is 18.5 Å². The molecule has 1 N–H and O–H groups in total. The van der Waals surface area contributed by atoms with E-state index in [1.807, 2.05) is 12.1 Å². The van der Waals surface area contributed by atoms with Gasteiger partial charge in [-0.1, -0.05) is 23.7 Å². The molecule has 0 fully saturated rings. The third-order valence-corrected chi connectivity index (χ3v) is 2.21. The molecule has 0 spiro atoms. The maximum absolute atomic E-state index is 9.11. The minimum atomic E-state index is -0.569. The van der Waals surface area contributed by atoms with Gasteiger partial charge in [-0.05, 0) is 17.7 Å². The summed E-state index contributed by atoms with van der Waals surface area (Å²) in [6.45, 7) is 0.326. The van der Waals surface area contributed by atoms with E-state index < -0.39 is 6.10 Å². The number of hydrogen-bond acceptors (Lipinski definition) is 2. The maximum Gasteiger partial charge on any atom is 0.0870 e. The van der Waals surface area contributed by atoms with Crippen LogP contribution in [0.15, 0.2) is 29.3 Å². The molecule has 0 aliphatic rings. The quantitative estimate of drug-likeness (QED) is 0.627. The number of benzene rings is 1. The highest BCUT2D eigenvalue weighted by Crippen LogP contribution is 2.07. The summed E-state index contributed by atoms with van der Waals surface area (Å²) in [6, 6.07) is 7.31. The molecule has 0 radical (unpaired) electrons. The third-order valence-electron chi connectivity index (χ3n) is 1.60. The molecular formula is C10H11Cl2NO. The van der Waals surface area contributed by atoms with Crippen LogP contribution in [-0.2, 0) is 0 Å². The molecule has 0 heterocycles. The molecule has 1 rings (SSSR count). The normalized spacial score (nSPS) is 13.4. The first-order valence-corrected chi connectivity index (χ1v) is 5.13. The van der Waals surface area contributed by atoms with Crippen molar-refractivity contribution in [2.75, 3.05) is 12.4 Å². The average molecular weight is 232 g/mol. The lowest BCUT2D eigenvalue weighted by Gasteiger charge is -2.00. The number of halogens is 2. The first kappa shape index (κ1) is 11.5. The van der Waals surface area contributed by atoms with Crippen molar-refractivity contribution < 1.29 is 5.11 Å². The molecule has 4 heteroatoms. The summed E-state index contributed by atoms with van der Waals surface area (Å²) in [5.74, 6) is 0.206. The van der Waals surface area contributed by atoms with E-state index in [0.717, 1.165) is 5.56 Å². The highest BCUT2D eigenvalue weighted by Gasteiger charge is 1.97. The number of hydrogen-bond donors (Lipinski definition) is 1. The van der Waals surface area contributed by atoms with Gasteiger partial charge in [-0.15, -0.1) is 11.6 Å². The van der Waals surface area contributed by atoms with Crippen molar-refractivity contribution in [1.29, 1.82) is 0 Å².